The number of imidazole rings is 1. The first-order valence-corrected chi connectivity index (χ1v) is 9.45. The highest BCUT2D eigenvalue weighted by molar-refractivity contribution is 9.10. The molecule has 0 aliphatic rings. The lowest BCUT2D eigenvalue weighted by Gasteiger charge is -2.07. The minimum Gasteiger partial charge on any atom is -0.299 e. The van der Waals surface area contributed by atoms with Gasteiger partial charge in [-0.05, 0) is 65.3 Å². The van der Waals surface area contributed by atoms with Crippen LogP contribution >= 0.6 is 15.9 Å². The minimum absolute atomic E-state index is 0.876. The molecule has 0 bridgehead atoms. The van der Waals surface area contributed by atoms with Crippen LogP contribution in [0.4, 0.5) is 0 Å². The number of aryl methyl sites for hydroxylation is 1. The Balaban J connectivity index is 1.83. The maximum absolute atomic E-state index is 4.87. The SMILES string of the molecule is Cc1cccc(-c2nc3ccccn3c2-c2ccc3ncc(Br)cc3c2)n1. The summed E-state index contributed by atoms with van der Waals surface area (Å²) in [5, 5.41) is 1.08. The summed E-state index contributed by atoms with van der Waals surface area (Å²) in [6.07, 6.45) is 3.86. The molecule has 5 heteroatoms. The average molecular weight is 415 g/mol. The van der Waals surface area contributed by atoms with Gasteiger partial charge in [-0.2, -0.15) is 0 Å². The van der Waals surface area contributed by atoms with Crippen LogP contribution in [0.25, 0.3) is 39.2 Å². The van der Waals surface area contributed by atoms with E-state index in [9.17, 15) is 0 Å². The average Bonchev–Trinajstić information content (AvgIpc) is 3.07. The number of rotatable bonds is 2. The molecular weight excluding hydrogens is 400 g/mol. The highest BCUT2D eigenvalue weighted by Gasteiger charge is 2.17. The first-order chi connectivity index (χ1) is 13.2. The van der Waals surface area contributed by atoms with Crippen molar-refractivity contribution in [2.45, 2.75) is 6.92 Å². The Morgan fingerprint density at radius 1 is 0.926 bits per heavy atom. The van der Waals surface area contributed by atoms with Crippen molar-refractivity contribution in [1.29, 1.82) is 0 Å². The van der Waals surface area contributed by atoms with Gasteiger partial charge in [0.1, 0.15) is 11.3 Å². The van der Waals surface area contributed by atoms with Crippen LogP contribution in [0.3, 0.4) is 0 Å². The van der Waals surface area contributed by atoms with Gasteiger partial charge in [0, 0.05) is 33.5 Å². The second kappa shape index (κ2) is 6.28. The molecule has 5 aromatic rings. The van der Waals surface area contributed by atoms with E-state index in [1.807, 2.05) is 61.8 Å². The Bertz CT molecular complexity index is 1310. The maximum atomic E-state index is 4.87. The normalized spacial score (nSPS) is 11.3. The molecule has 0 fully saturated rings. The standard InChI is InChI=1S/C22H15BrN4/c1-14-5-4-6-19(25-14)21-22(27-10-3-2-7-20(27)26-21)15-8-9-18-16(11-15)12-17(23)13-24-18/h2-13H,1H3. The molecule has 0 amide bonds. The van der Waals surface area contributed by atoms with E-state index in [0.29, 0.717) is 0 Å². The maximum Gasteiger partial charge on any atom is 0.138 e. The molecule has 1 aromatic carbocycles. The van der Waals surface area contributed by atoms with Gasteiger partial charge in [0.2, 0.25) is 0 Å². The van der Waals surface area contributed by atoms with Crippen molar-refractivity contribution in [3.05, 3.63) is 83.2 Å². The molecule has 0 unspecified atom stereocenters. The summed E-state index contributed by atoms with van der Waals surface area (Å²) in [7, 11) is 0. The summed E-state index contributed by atoms with van der Waals surface area (Å²) in [5.41, 5.74) is 6.71. The number of fused-ring (bicyclic) bond motifs is 2. The molecule has 0 aliphatic heterocycles. The van der Waals surface area contributed by atoms with Gasteiger partial charge in [-0.25, -0.2) is 4.98 Å². The van der Waals surface area contributed by atoms with Gasteiger partial charge in [0.15, 0.2) is 0 Å². The number of nitrogens with zero attached hydrogens (tertiary/aromatic N) is 4. The molecule has 5 rings (SSSR count). The summed E-state index contributed by atoms with van der Waals surface area (Å²) in [6, 6.07) is 20.4. The van der Waals surface area contributed by atoms with Gasteiger partial charge in [0.05, 0.1) is 16.9 Å². The fourth-order valence-corrected chi connectivity index (χ4v) is 3.73. The molecule has 0 spiro atoms. The Morgan fingerprint density at radius 2 is 1.85 bits per heavy atom. The van der Waals surface area contributed by atoms with Crippen LogP contribution in [0, 0.1) is 6.92 Å². The zero-order chi connectivity index (χ0) is 18.4. The van der Waals surface area contributed by atoms with E-state index in [2.05, 4.69) is 43.5 Å². The van der Waals surface area contributed by atoms with Gasteiger partial charge in [-0.3, -0.25) is 14.4 Å². The first kappa shape index (κ1) is 16.1. The molecule has 0 atom stereocenters. The molecule has 4 heterocycles. The number of benzene rings is 1. The van der Waals surface area contributed by atoms with Crippen molar-refractivity contribution in [3.63, 3.8) is 0 Å². The predicted octanol–water partition coefficient (Wildman–Crippen LogP) is 5.68. The van der Waals surface area contributed by atoms with E-state index in [1.165, 1.54) is 0 Å². The molecule has 4 aromatic heterocycles. The quantitative estimate of drug-likeness (QED) is 0.373. The van der Waals surface area contributed by atoms with E-state index in [0.717, 1.165) is 49.4 Å². The zero-order valence-electron chi connectivity index (χ0n) is 14.6. The van der Waals surface area contributed by atoms with Gasteiger partial charge >= 0.3 is 0 Å². The van der Waals surface area contributed by atoms with Gasteiger partial charge < -0.3 is 0 Å². The fraction of sp³-hybridized carbons (Fsp3) is 0.0455. The second-order valence-corrected chi connectivity index (χ2v) is 7.38. The fourth-order valence-electron chi connectivity index (χ4n) is 3.38. The summed E-state index contributed by atoms with van der Waals surface area (Å²) in [5.74, 6) is 0. The van der Waals surface area contributed by atoms with E-state index in [-0.39, 0.29) is 0 Å². The van der Waals surface area contributed by atoms with Crippen LogP contribution in [0.1, 0.15) is 5.69 Å². The lowest BCUT2D eigenvalue weighted by molar-refractivity contribution is 1.19. The lowest BCUT2D eigenvalue weighted by atomic mass is 10.0. The van der Waals surface area contributed by atoms with Gasteiger partial charge in [-0.1, -0.05) is 18.2 Å². The highest BCUT2D eigenvalue weighted by Crippen LogP contribution is 2.33. The second-order valence-electron chi connectivity index (χ2n) is 6.46. The van der Waals surface area contributed by atoms with Gasteiger partial charge in [0.25, 0.3) is 0 Å². The third kappa shape index (κ3) is 2.80. The smallest absolute Gasteiger partial charge is 0.138 e. The largest absolute Gasteiger partial charge is 0.299 e. The zero-order valence-corrected chi connectivity index (χ0v) is 16.2. The van der Waals surface area contributed by atoms with Crippen molar-refractivity contribution in [2.24, 2.45) is 0 Å². The highest BCUT2D eigenvalue weighted by atomic mass is 79.9. The predicted molar refractivity (Wildman–Crippen MR) is 112 cm³/mol. The van der Waals surface area contributed by atoms with Crippen molar-refractivity contribution in [1.82, 2.24) is 19.4 Å². The van der Waals surface area contributed by atoms with E-state index in [1.54, 1.807) is 0 Å². The Hall–Kier alpha value is -3.05. The molecular formula is C22H15BrN4. The van der Waals surface area contributed by atoms with Crippen LogP contribution < -0.4 is 0 Å². The lowest BCUT2D eigenvalue weighted by Crippen LogP contribution is -1.92. The molecule has 0 saturated heterocycles. The topological polar surface area (TPSA) is 43.1 Å². The van der Waals surface area contributed by atoms with E-state index >= 15 is 0 Å². The summed E-state index contributed by atoms with van der Waals surface area (Å²) < 4.78 is 3.08. The third-order valence-electron chi connectivity index (χ3n) is 4.58. The summed E-state index contributed by atoms with van der Waals surface area (Å²) in [4.78, 5) is 14.1. The Morgan fingerprint density at radius 3 is 2.74 bits per heavy atom. The summed E-state index contributed by atoms with van der Waals surface area (Å²) in [6.45, 7) is 2.00. The Kier molecular flexibility index (Phi) is 3.76. The first-order valence-electron chi connectivity index (χ1n) is 8.66. The van der Waals surface area contributed by atoms with Crippen molar-refractivity contribution in [2.75, 3.05) is 0 Å². The number of pyridine rings is 3. The van der Waals surface area contributed by atoms with Crippen LogP contribution in [-0.2, 0) is 0 Å². The third-order valence-corrected chi connectivity index (χ3v) is 5.02. The van der Waals surface area contributed by atoms with Crippen molar-refractivity contribution in [3.8, 4) is 22.6 Å². The molecule has 0 saturated carbocycles. The minimum atomic E-state index is 0.876. The van der Waals surface area contributed by atoms with E-state index in [4.69, 9.17) is 9.97 Å². The van der Waals surface area contributed by atoms with Crippen LogP contribution in [-0.4, -0.2) is 19.4 Å². The number of hydrogen-bond acceptors (Lipinski definition) is 3. The number of hydrogen-bond donors (Lipinski definition) is 0. The van der Waals surface area contributed by atoms with Crippen molar-refractivity contribution < 1.29 is 0 Å². The van der Waals surface area contributed by atoms with Crippen LogP contribution in [0.2, 0.25) is 0 Å². The molecule has 0 radical (unpaired) electrons. The molecule has 0 aliphatic carbocycles. The Labute approximate surface area is 164 Å². The number of aromatic nitrogens is 4. The molecule has 4 nitrogen and oxygen atoms in total. The monoisotopic (exact) mass is 414 g/mol. The molecule has 27 heavy (non-hydrogen) atoms. The van der Waals surface area contributed by atoms with Crippen LogP contribution in [0.15, 0.2) is 77.5 Å². The van der Waals surface area contributed by atoms with Crippen LogP contribution in [0.5, 0.6) is 0 Å². The van der Waals surface area contributed by atoms with Crippen molar-refractivity contribution >= 4 is 32.5 Å². The van der Waals surface area contributed by atoms with Gasteiger partial charge in [-0.15, -0.1) is 0 Å². The molecule has 130 valence electrons. The molecule has 0 N–H and O–H groups in total. The number of halogens is 1. The van der Waals surface area contributed by atoms with E-state index < -0.39 is 0 Å². The summed E-state index contributed by atoms with van der Waals surface area (Å²) >= 11 is 3.51.